The number of amides is 1. The molecule has 0 aliphatic heterocycles. The lowest BCUT2D eigenvalue weighted by molar-refractivity contribution is -0.120. The van der Waals surface area contributed by atoms with Crippen LogP contribution in [0.25, 0.3) is 0 Å². The molecule has 1 amide bonds. The first-order chi connectivity index (χ1) is 10.1. The van der Waals surface area contributed by atoms with E-state index in [9.17, 15) is 9.90 Å². The molecule has 3 N–H and O–H groups in total. The van der Waals surface area contributed by atoms with Gasteiger partial charge in [-0.1, -0.05) is 17.7 Å². The van der Waals surface area contributed by atoms with Gasteiger partial charge < -0.3 is 15.5 Å². The summed E-state index contributed by atoms with van der Waals surface area (Å²) in [5.41, 5.74) is 0.791. The van der Waals surface area contributed by atoms with Crippen molar-refractivity contribution >= 4 is 17.5 Å². The Morgan fingerprint density at radius 1 is 1.24 bits per heavy atom. The quantitative estimate of drug-likeness (QED) is 0.782. The Morgan fingerprint density at radius 3 is 2.52 bits per heavy atom. The maximum absolute atomic E-state index is 11.9. The van der Waals surface area contributed by atoms with Crippen LogP contribution >= 0.6 is 11.6 Å². The summed E-state index contributed by atoms with van der Waals surface area (Å²) in [5, 5.41) is 21.7. The minimum absolute atomic E-state index is 0.0268. The van der Waals surface area contributed by atoms with Gasteiger partial charge in [0.05, 0.1) is 11.4 Å². The highest BCUT2D eigenvalue weighted by molar-refractivity contribution is 6.32. The summed E-state index contributed by atoms with van der Waals surface area (Å²) in [6.07, 6.45) is 4.49. The molecule has 0 bridgehead atoms. The number of phenolic OH excluding ortho intramolecular Hbond substituents is 1. The molecule has 2 rings (SSSR count). The summed E-state index contributed by atoms with van der Waals surface area (Å²) in [6, 6.07) is 4.82. The lowest BCUT2D eigenvalue weighted by Crippen LogP contribution is -2.32. The molecule has 0 spiro atoms. The monoisotopic (exact) mass is 311 g/mol. The second kappa shape index (κ2) is 7.66. The van der Waals surface area contributed by atoms with Gasteiger partial charge in [-0.15, -0.1) is 0 Å². The van der Waals surface area contributed by atoms with E-state index in [1.807, 2.05) is 0 Å². The fraction of sp³-hybridized carbons (Fsp3) is 0.562. The summed E-state index contributed by atoms with van der Waals surface area (Å²) in [4.78, 5) is 11.9. The van der Waals surface area contributed by atoms with E-state index < -0.39 is 0 Å². The molecule has 0 radical (unpaired) electrons. The van der Waals surface area contributed by atoms with E-state index in [4.69, 9.17) is 16.7 Å². The molecule has 0 unspecified atom stereocenters. The minimum atomic E-state index is -0.0268. The van der Waals surface area contributed by atoms with Crippen molar-refractivity contribution in [2.75, 3.05) is 13.2 Å². The zero-order valence-corrected chi connectivity index (χ0v) is 12.8. The molecule has 1 fully saturated rings. The average molecular weight is 312 g/mol. The van der Waals surface area contributed by atoms with Gasteiger partial charge in [-0.05, 0) is 55.2 Å². The molecular formula is C16H22ClNO3. The maximum atomic E-state index is 11.9. The van der Waals surface area contributed by atoms with Crippen molar-refractivity contribution in [2.24, 2.45) is 11.8 Å². The number of rotatable bonds is 5. The van der Waals surface area contributed by atoms with Crippen LogP contribution in [-0.4, -0.2) is 29.3 Å². The van der Waals surface area contributed by atoms with Gasteiger partial charge in [0.25, 0.3) is 0 Å². The smallest absolute Gasteiger partial charge is 0.224 e. The van der Waals surface area contributed by atoms with Gasteiger partial charge in [0.2, 0.25) is 5.91 Å². The van der Waals surface area contributed by atoms with Crippen LogP contribution in [0.4, 0.5) is 0 Å². The number of aliphatic hydroxyl groups is 1. The van der Waals surface area contributed by atoms with Crippen LogP contribution in [0.1, 0.15) is 31.2 Å². The van der Waals surface area contributed by atoms with Crippen LogP contribution in [0, 0.1) is 11.8 Å². The number of aliphatic hydroxyl groups excluding tert-OH is 1. The molecule has 5 heteroatoms. The molecular weight excluding hydrogens is 290 g/mol. The predicted octanol–water partition coefficient (Wildman–Crippen LogP) is 2.50. The first kappa shape index (κ1) is 16.1. The van der Waals surface area contributed by atoms with Crippen molar-refractivity contribution in [1.82, 2.24) is 5.32 Å². The second-order valence-electron chi connectivity index (χ2n) is 5.84. The van der Waals surface area contributed by atoms with E-state index in [1.165, 1.54) is 6.07 Å². The molecule has 0 aromatic heterocycles. The predicted molar refractivity (Wildman–Crippen MR) is 82.4 cm³/mol. The summed E-state index contributed by atoms with van der Waals surface area (Å²) in [7, 11) is 0. The molecule has 1 saturated carbocycles. The Labute approximate surface area is 130 Å². The van der Waals surface area contributed by atoms with Crippen LogP contribution in [0.5, 0.6) is 5.75 Å². The molecule has 116 valence electrons. The first-order valence-corrected chi connectivity index (χ1v) is 7.81. The minimum Gasteiger partial charge on any atom is -0.506 e. The number of halogens is 1. The van der Waals surface area contributed by atoms with Crippen molar-refractivity contribution in [3.63, 3.8) is 0 Å². The molecule has 21 heavy (non-hydrogen) atoms. The number of carbonyl (C=O) groups excluding carboxylic acids is 1. The number of aromatic hydroxyl groups is 1. The summed E-state index contributed by atoms with van der Waals surface area (Å²) < 4.78 is 0. The zero-order valence-electron chi connectivity index (χ0n) is 12.0. The Hall–Kier alpha value is -1.26. The third kappa shape index (κ3) is 4.90. The van der Waals surface area contributed by atoms with E-state index in [2.05, 4.69) is 5.32 Å². The Bertz CT molecular complexity index is 484. The fourth-order valence-electron chi connectivity index (χ4n) is 2.78. The van der Waals surface area contributed by atoms with Crippen LogP contribution in [0.2, 0.25) is 5.02 Å². The molecule has 1 aliphatic rings. The third-order valence-electron chi connectivity index (χ3n) is 4.19. The van der Waals surface area contributed by atoms with Crippen LogP contribution in [0.15, 0.2) is 18.2 Å². The number of phenols is 1. The van der Waals surface area contributed by atoms with Gasteiger partial charge in [0, 0.05) is 13.2 Å². The maximum Gasteiger partial charge on any atom is 0.224 e. The number of hydrogen-bond acceptors (Lipinski definition) is 3. The van der Waals surface area contributed by atoms with Gasteiger partial charge in [0.1, 0.15) is 5.75 Å². The highest BCUT2D eigenvalue weighted by Crippen LogP contribution is 2.28. The van der Waals surface area contributed by atoms with Gasteiger partial charge in [-0.3, -0.25) is 4.79 Å². The largest absolute Gasteiger partial charge is 0.506 e. The van der Waals surface area contributed by atoms with Gasteiger partial charge in [0.15, 0.2) is 0 Å². The number of nitrogens with one attached hydrogen (secondary N) is 1. The molecule has 0 atom stereocenters. The molecule has 1 aromatic carbocycles. The van der Waals surface area contributed by atoms with Crippen LogP contribution in [0.3, 0.4) is 0 Å². The summed E-state index contributed by atoms with van der Waals surface area (Å²) in [6.45, 7) is 0.976. The lowest BCUT2D eigenvalue weighted by Gasteiger charge is -2.27. The molecule has 1 aromatic rings. The second-order valence-corrected chi connectivity index (χ2v) is 6.24. The highest BCUT2D eigenvalue weighted by Gasteiger charge is 2.20. The molecule has 4 nitrogen and oxygen atoms in total. The van der Waals surface area contributed by atoms with Crippen molar-refractivity contribution in [3.8, 4) is 5.75 Å². The summed E-state index contributed by atoms with van der Waals surface area (Å²) >= 11 is 5.82. The Kier molecular flexibility index (Phi) is 5.88. The highest BCUT2D eigenvalue weighted by atomic mass is 35.5. The van der Waals surface area contributed by atoms with Crippen molar-refractivity contribution < 1.29 is 15.0 Å². The van der Waals surface area contributed by atoms with Crippen LogP contribution in [-0.2, 0) is 11.2 Å². The normalized spacial score (nSPS) is 22.0. The van der Waals surface area contributed by atoms with E-state index in [1.54, 1.807) is 12.1 Å². The van der Waals surface area contributed by atoms with Crippen molar-refractivity contribution in [2.45, 2.75) is 32.1 Å². The van der Waals surface area contributed by atoms with Crippen molar-refractivity contribution in [3.05, 3.63) is 28.8 Å². The fourth-order valence-corrected chi connectivity index (χ4v) is 2.99. The Morgan fingerprint density at radius 2 is 1.90 bits per heavy atom. The molecule has 0 saturated heterocycles. The standard InChI is InChI=1S/C16H22ClNO3/c17-14-7-13(5-6-15(14)20)8-16(21)18-9-11-1-3-12(10-19)4-2-11/h5-7,11-12,19-20H,1-4,8-10H2,(H,18,21). The molecule has 1 aliphatic carbocycles. The number of carbonyl (C=O) groups is 1. The topological polar surface area (TPSA) is 69.6 Å². The van der Waals surface area contributed by atoms with E-state index >= 15 is 0 Å². The third-order valence-corrected chi connectivity index (χ3v) is 4.49. The van der Waals surface area contributed by atoms with E-state index in [-0.39, 0.29) is 29.7 Å². The summed E-state index contributed by atoms with van der Waals surface area (Å²) in [5.74, 6) is 0.957. The average Bonchev–Trinajstić information content (AvgIpc) is 2.49. The van der Waals surface area contributed by atoms with E-state index in [0.717, 1.165) is 31.2 Å². The van der Waals surface area contributed by atoms with E-state index in [0.29, 0.717) is 18.4 Å². The first-order valence-electron chi connectivity index (χ1n) is 7.43. The SMILES string of the molecule is O=C(Cc1ccc(O)c(Cl)c1)NCC1CCC(CO)CC1. The van der Waals surface area contributed by atoms with Gasteiger partial charge in [-0.25, -0.2) is 0 Å². The lowest BCUT2D eigenvalue weighted by atomic mass is 9.82. The van der Waals surface area contributed by atoms with Gasteiger partial charge in [-0.2, -0.15) is 0 Å². The Balaban J connectivity index is 1.73. The van der Waals surface area contributed by atoms with Gasteiger partial charge >= 0.3 is 0 Å². The number of hydrogen-bond donors (Lipinski definition) is 3. The number of benzene rings is 1. The van der Waals surface area contributed by atoms with Crippen molar-refractivity contribution in [1.29, 1.82) is 0 Å². The van der Waals surface area contributed by atoms with Crippen LogP contribution < -0.4 is 5.32 Å². The zero-order chi connectivity index (χ0) is 15.2. The molecule has 0 heterocycles.